The summed E-state index contributed by atoms with van der Waals surface area (Å²) in [5, 5.41) is 9.80. The highest BCUT2D eigenvalue weighted by atomic mass is 127. The van der Waals surface area contributed by atoms with Crippen molar-refractivity contribution in [1.29, 1.82) is 5.26 Å². The Morgan fingerprint density at radius 3 is 2.57 bits per heavy atom. The first-order chi connectivity index (χ1) is 22.0. The molecule has 0 N–H and O–H groups in total. The zero-order valence-electron chi connectivity index (χ0n) is 24.0. The van der Waals surface area contributed by atoms with Crippen LogP contribution in [0.15, 0.2) is 81.7 Å². The lowest BCUT2D eigenvalue weighted by Crippen LogP contribution is -2.41. The molecule has 2 heterocycles. The minimum absolute atomic E-state index is 0.00279. The van der Waals surface area contributed by atoms with Crippen molar-refractivity contribution in [1.82, 2.24) is 4.57 Å². The Bertz CT molecular complexity index is 2090. The van der Waals surface area contributed by atoms with Crippen LogP contribution in [0.5, 0.6) is 11.5 Å². The quantitative estimate of drug-likeness (QED) is 0.159. The van der Waals surface area contributed by atoms with E-state index in [2.05, 4.69) is 33.7 Å². The van der Waals surface area contributed by atoms with E-state index >= 15 is 0 Å². The first-order valence-electron chi connectivity index (χ1n) is 13.5. The number of hydrogen-bond donors (Lipinski definition) is 0. The van der Waals surface area contributed by atoms with Gasteiger partial charge in [-0.1, -0.05) is 53.3 Å². The lowest BCUT2D eigenvalue weighted by molar-refractivity contribution is -0.140. The summed E-state index contributed by atoms with van der Waals surface area (Å²) in [6, 6.07) is 16.7. The predicted octanol–water partition coefficient (Wildman–Crippen LogP) is 6.06. The number of methoxy groups -OCH3 is 1. The number of allylic oxidation sites excluding steroid dienone is 1. The highest BCUT2D eigenvalue weighted by Crippen LogP contribution is 2.39. The van der Waals surface area contributed by atoms with Crippen LogP contribution in [0, 0.1) is 14.9 Å². The summed E-state index contributed by atoms with van der Waals surface area (Å²) >= 11 is 8.84. The van der Waals surface area contributed by atoms with Crippen LogP contribution in [-0.4, -0.2) is 30.4 Å². The lowest BCUT2D eigenvalue weighted by atomic mass is 9.95. The molecule has 0 aliphatic carbocycles. The van der Waals surface area contributed by atoms with Gasteiger partial charge < -0.3 is 14.2 Å². The monoisotopic (exact) mass is 779 g/mol. The first-order valence-corrected chi connectivity index (χ1v) is 15.8. The number of hydrogen-bond acceptors (Lipinski definition) is 8. The third-order valence-electron chi connectivity index (χ3n) is 6.85. The van der Waals surface area contributed by atoms with Gasteiger partial charge in [-0.25, -0.2) is 9.79 Å². The normalized spacial score (nSPS) is 14.7. The molecule has 1 aliphatic heterocycles. The van der Waals surface area contributed by atoms with Gasteiger partial charge >= 0.3 is 12.1 Å². The van der Waals surface area contributed by atoms with Crippen molar-refractivity contribution in [3.63, 3.8) is 0 Å². The van der Waals surface area contributed by atoms with Gasteiger partial charge in [-0.3, -0.25) is 9.36 Å². The van der Waals surface area contributed by atoms with Crippen molar-refractivity contribution in [2.45, 2.75) is 25.7 Å². The van der Waals surface area contributed by atoms with Gasteiger partial charge in [-0.15, -0.1) is 0 Å². The maximum absolute atomic E-state index is 14.4. The minimum Gasteiger partial charge on any atom is -0.493 e. The Balaban J connectivity index is 1.73. The van der Waals surface area contributed by atoms with Gasteiger partial charge in [0.05, 0.1) is 41.5 Å². The van der Waals surface area contributed by atoms with Crippen molar-refractivity contribution in [3.05, 3.63) is 122 Å². The SMILES string of the molecule is CCOC(=O)C1=C(C(F)(F)F)N=c2s/c(=C\c3cc(I)cc(OC)c3OCc3ccccc3C#N)c(=O)n2[C@@H]1c1ccc(Cl)cc1. The molecule has 46 heavy (non-hydrogen) atoms. The maximum Gasteiger partial charge on any atom is 0.434 e. The van der Waals surface area contributed by atoms with E-state index in [1.807, 2.05) is 0 Å². The highest BCUT2D eigenvalue weighted by molar-refractivity contribution is 14.1. The average molecular weight is 780 g/mol. The Morgan fingerprint density at radius 1 is 1.20 bits per heavy atom. The van der Waals surface area contributed by atoms with Crippen LogP contribution in [0.1, 0.15) is 35.2 Å². The number of carbonyl (C=O) groups is 1. The molecule has 14 heteroatoms. The molecule has 1 aliphatic rings. The minimum atomic E-state index is -5.04. The number of fused-ring (bicyclic) bond motifs is 1. The van der Waals surface area contributed by atoms with Gasteiger partial charge in [-0.05, 0) is 71.5 Å². The number of alkyl halides is 3. The van der Waals surface area contributed by atoms with Crippen LogP contribution in [-0.2, 0) is 16.1 Å². The molecule has 0 saturated carbocycles. The lowest BCUT2D eigenvalue weighted by Gasteiger charge is -2.26. The Morgan fingerprint density at radius 2 is 1.91 bits per heavy atom. The summed E-state index contributed by atoms with van der Waals surface area (Å²) in [7, 11) is 1.45. The number of halogens is 5. The van der Waals surface area contributed by atoms with Crippen LogP contribution in [0.3, 0.4) is 0 Å². The molecule has 0 unspecified atom stereocenters. The molecular weight excluding hydrogens is 758 g/mol. The largest absolute Gasteiger partial charge is 0.493 e. The van der Waals surface area contributed by atoms with Crippen molar-refractivity contribution >= 4 is 57.6 Å². The average Bonchev–Trinajstić information content (AvgIpc) is 3.33. The molecular formula is C32H22ClF3IN3O5S. The summed E-state index contributed by atoms with van der Waals surface area (Å²) in [4.78, 5) is 30.7. The number of nitriles is 1. The molecule has 8 nitrogen and oxygen atoms in total. The van der Waals surface area contributed by atoms with E-state index in [0.717, 1.165) is 19.5 Å². The molecule has 0 fully saturated rings. The van der Waals surface area contributed by atoms with Crippen LogP contribution < -0.4 is 24.4 Å². The van der Waals surface area contributed by atoms with Gasteiger partial charge in [-0.2, -0.15) is 18.4 Å². The van der Waals surface area contributed by atoms with Crippen molar-refractivity contribution in [2.75, 3.05) is 13.7 Å². The Kier molecular flexibility index (Phi) is 9.90. The van der Waals surface area contributed by atoms with Crippen molar-refractivity contribution in [2.24, 2.45) is 4.99 Å². The van der Waals surface area contributed by atoms with E-state index in [1.165, 1.54) is 44.4 Å². The van der Waals surface area contributed by atoms with Gasteiger partial charge in [0.25, 0.3) is 5.56 Å². The number of aromatic nitrogens is 1. The fourth-order valence-electron chi connectivity index (χ4n) is 4.85. The molecule has 3 aromatic carbocycles. The van der Waals surface area contributed by atoms with E-state index < -0.39 is 35.0 Å². The molecule has 0 amide bonds. The van der Waals surface area contributed by atoms with E-state index in [1.54, 1.807) is 36.4 Å². The maximum atomic E-state index is 14.4. The number of thiazole rings is 1. The standard InChI is InChI=1S/C32H22ClF3IN3O5S/c1-3-44-30(42)25-26(17-8-10-21(33)11-9-17)40-29(41)24(46-31(40)39-28(25)32(34,35)36)13-20-12-22(37)14-23(43-2)27(20)45-16-19-7-5-4-6-18(19)15-38/h4-14,26H,3,16H2,1-2H3/b24-13-/t26-/m1/s1. The third kappa shape index (κ3) is 6.69. The number of esters is 1. The second kappa shape index (κ2) is 13.7. The van der Waals surface area contributed by atoms with Gasteiger partial charge in [0.15, 0.2) is 22.0 Å². The van der Waals surface area contributed by atoms with E-state index in [0.29, 0.717) is 27.5 Å². The van der Waals surface area contributed by atoms with E-state index in [9.17, 15) is 28.0 Å². The first kappa shape index (κ1) is 33.2. The molecule has 5 rings (SSSR count). The second-order valence-corrected chi connectivity index (χ2v) is 12.4. The van der Waals surface area contributed by atoms with E-state index in [4.69, 9.17) is 25.8 Å². The highest BCUT2D eigenvalue weighted by Gasteiger charge is 2.45. The second-order valence-electron chi connectivity index (χ2n) is 9.70. The number of nitrogens with zero attached hydrogens (tertiary/aromatic N) is 3. The van der Waals surface area contributed by atoms with Crippen LogP contribution in [0.4, 0.5) is 13.2 Å². The van der Waals surface area contributed by atoms with Gasteiger partial charge in [0, 0.05) is 19.7 Å². The topological polar surface area (TPSA) is 103 Å². The fourth-order valence-corrected chi connectivity index (χ4v) is 6.59. The van der Waals surface area contributed by atoms with E-state index in [-0.39, 0.29) is 33.9 Å². The zero-order valence-corrected chi connectivity index (χ0v) is 27.8. The molecule has 1 aromatic heterocycles. The number of ether oxygens (including phenoxy) is 3. The molecule has 4 aromatic rings. The third-order valence-corrected chi connectivity index (χ3v) is 8.70. The Hall–Kier alpha value is -4.13. The summed E-state index contributed by atoms with van der Waals surface area (Å²) in [5.74, 6) is -0.661. The van der Waals surface area contributed by atoms with Gasteiger partial charge in [0.2, 0.25) is 0 Å². The molecule has 0 radical (unpaired) electrons. The van der Waals surface area contributed by atoms with Crippen molar-refractivity contribution in [3.8, 4) is 17.6 Å². The summed E-state index contributed by atoms with van der Waals surface area (Å²) in [5.41, 5.74) is -1.32. The van der Waals surface area contributed by atoms with Crippen LogP contribution in [0.25, 0.3) is 6.08 Å². The van der Waals surface area contributed by atoms with Crippen molar-refractivity contribution < 1.29 is 32.2 Å². The summed E-state index contributed by atoms with van der Waals surface area (Å²) in [6.07, 6.45) is -3.56. The molecule has 236 valence electrons. The smallest absolute Gasteiger partial charge is 0.434 e. The summed E-state index contributed by atoms with van der Waals surface area (Å²) in [6.45, 7) is 1.27. The summed E-state index contributed by atoms with van der Waals surface area (Å²) < 4.78 is 61.8. The Labute approximate surface area is 282 Å². The molecule has 0 saturated heterocycles. The van der Waals surface area contributed by atoms with Crippen LogP contribution >= 0.6 is 45.5 Å². The number of rotatable bonds is 8. The number of carbonyl (C=O) groups excluding carboxylic acids is 1. The predicted molar refractivity (Wildman–Crippen MR) is 173 cm³/mol. The molecule has 0 bridgehead atoms. The van der Waals surface area contributed by atoms with Gasteiger partial charge in [0.1, 0.15) is 6.61 Å². The van der Waals surface area contributed by atoms with Crippen LogP contribution in [0.2, 0.25) is 5.02 Å². The molecule has 0 spiro atoms. The number of benzene rings is 3. The molecule has 1 atom stereocenters. The zero-order chi connectivity index (χ0) is 33.2. The fraction of sp³-hybridized carbons (Fsp3) is 0.188.